The molecule has 0 fully saturated rings. The summed E-state index contributed by atoms with van der Waals surface area (Å²) in [6.07, 6.45) is 0. The summed E-state index contributed by atoms with van der Waals surface area (Å²) in [4.78, 5) is 0. The maximum Gasteiger partial charge on any atom is 0.126 e. The van der Waals surface area contributed by atoms with Gasteiger partial charge in [-0.25, -0.2) is 8.78 Å². The van der Waals surface area contributed by atoms with Gasteiger partial charge < -0.3 is 10.8 Å². The van der Waals surface area contributed by atoms with E-state index in [-0.39, 0.29) is 6.61 Å². The van der Waals surface area contributed by atoms with Gasteiger partial charge in [0, 0.05) is 12.6 Å². The molecule has 0 saturated carbocycles. The first kappa shape index (κ1) is 15.5. The predicted molar refractivity (Wildman–Crippen MR) is 53.8 cm³/mol. The molecule has 0 aliphatic carbocycles. The fourth-order valence-corrected chi connectivity index (χ4v) is 0.460. The Balaban J connectivity index is 0. The van der Waals surface area contributed by atoms with Crippen molar-refractivity contribution in [3.05, 3.63) is 35.9 Å². The Kier molecular flexibility index (Phi) is 13.3. The predicted octanol–water partition coefficient (Wildman–Crippen LogP) is 1.93. The van der Waals surface area contributed by atoms with Crippen LogP contribution in [0.4, 0.5) is 8.78 Å². The third-order valence-electron chi connectivity index (χ3n) is 0.916. The normalized spacial score (nSPS) is 7.86. The monoisotopic (exact) mass is 205 g/mol. The molecule has 3 N–H and O–H groups in total. The number of benzene rings is 1. The van der Waals surface area contributed by atoms with Crippen LogP contribution < -0.4 is 5.73 Å². The summed E-state index contributed by atoms with van der Waals surface area (Å²) in [6, 6.07) is 4.55. The van der Waals surface area contributed by atoms with Crippen LogP contribution in [0.2, 0.25) is 0 Å². The molecule has 0 aliphatic heterocycles. The van der Waals surface area contributed by atoms with Gasteiger partial charge in [-0.1, -0.05) is 19.9 Å². The minimum Gasteiger partial charge on any atom is -0.395 e. The molecule has 0 saturated heterocycles. The van der Waals surface area contributed by atoms with Gasteiger partial charge in [0.2, 0.25) is 0 Å². The minimum atomic E-state index is -0.537. The van der Waals surface area contributed by atoms with E-state index in [0.29, 0.717) is 6.54 Å². The lowest BCUT2D eigenvalue weighted by molar-refractivity contribution is 0.306. The van der Waals surface area contributed by atoms with Crippen molar-refractivity contribution in [2.45, 2.75) is 13.8 Å². The van der Waals surface area contributed by atoms with Crippen LogP contribution in [0.1, 0.15) is 13.8 Å². The molecule has 0 aliphatic rings. The summed E-state index contributed by atoms with van der Waals surface area (Å²) < 4.78 is 23.9. The Bertz CT molecular complexity index is 200. The molecule has 14 heavy (non-hydrogen) atoms. The van der Waals surface area contributed by atoms with Crippen LogP contribution in [0.25, 0.3) is 0 Å². The van der Waals surface area contributed by atoms with Crippen LogP contribution in [0.5, 0.6) is 0 Å². The van der Waals surface area contributed by atoms with Crippen LogP contribution in [-0.2, 0) is 0 Å². The molecule has 0 atom stereocenters. The molecule has 2 nitrogen and oxygen atoms in total. The first-order valence-corrected chi connectivity index (χ1v) is 4.42. The summed E-state index contributed by atoms with van der Waals surface area (Å²) in [5, 5.41) is 7.75. The van der Waals surface area contributed by atoms with Crippen LogP contribution in [-0.4, -0.2) is 18.3 Å². The van der Waals surface area contributed by atoms with E-state index in [1.807, 2.05) is 13.8 Å². The van der Waals surface area contributed by atoms with E-state index in [1.54, 1.807) is 0 Å². The number of halogens is 2. The second-order valence-corrected chi connectivity index (χ2v) is 1.95. The van der Waals surface area contributed by atoms with Gasteiger partial charge in [0.1, 0.15) is 11.6 Å². The fraction of sp³-hybridized carbons (Fsp3) is 0.400. The van der Waals surface area contributed by atoms with Crippen LogP contribution >= 0.6 is 0 Å². The lowest BCUT2D eigenvalue weighted by Gasteiger charge is -1.84. The smallest absolute Gasteiger partial charge is 0.126 e. The number of aliphatic hydroxyl groups excluding tert-OH is 1. The van der Waals surface area contributed by atoms with Crippen LogP contribution in [0.3, 0.4) is 0 Å². The van der Waals surface area contributed by atoms with E-state index in [2.05, 4.69) is 0 Å². The van der Waals surface area contributed by atoms with E-state index in [4.69, 9.17) is 10.8 Å². The van der Waals surface area contributed by atoms with Gasteiger partial charge in [0.25, 0.3) is 0 Å². The Labute approximate surface area is 83.4 Å². The zero-order valence-corrected chi connectivity index (χ0v) is 8.50. The van der Waals surface area contributed by atoms with E-state index in [1.165, 1.54) is 18.2 Å². The lowest BCUT2D eigenvalue weighted by Crippen LogP contribution is -2.02. The molecule has 0 spiro atoms. The Hall–Kier alpha value is -1.00. The number of aliphatic hydroxyl groups is 1. The summed E-state index contributed by atoms with van der Waals surface area (Å²) >= 11 is 0. The van der Waals surface area contributed by atoms with Gasteiger partial charge in [-0.05, 0) is 12.1 Å². The van der Waals surface area contributed by atoms with Crippen molar-refractivity contribution in [2.24, 2.45) is 5.73 Å². The highest BCUT2D eigenvalue weighted by atomic mass is 19.1. The molecule has 4 heteroatoms. The third kappa shape index (κ3) is 11.0. The number of rotatable bonds is 1. The highest BCUT2D eigenvalue weighted by molar-refractivity contribution is 5.04. The number of nitrogens with two attached hydrogens (primary N) is 1. The molecule has 0 aromatic heterocycles. The molecule has 1 rings (SSSR count). The molecule has 0 amide bonds. The average Bonchev–Trinajstić information content (AvgIpc) is 2.21. The summed E-state index contributed by atoms with van der Waals surface area (Å²) in [6.45, 7) is 4.47. The molecule has 1 aromatic rings. The molecule has 0 bridgehead atoms. The Morgan fingerprint density at radius 3 is 1.71 bits per heavy atom. The van der Waals surface area contributed by atoms with Gasteiger partial charge in [0.05, 0.1) is 6.61 Å². The molecular weight excluding hydrogens is 188 g/mol. The molecule has 0 radical (unpaired) electrons. The SMILES string of the molecule is CC.Fc1cccc(F)c1.NCCO. The quantitative estimate of drug-likeness (QED) is 0.735. The summed E-state index contributed by atoms with van der Waals surface area (Å²) in [5.74, 6) is -1.07. The maximum absolute atomic E-state index is 11.9. The van der Waals surface area contributed by atoms with Gasteiger partial charge in [-0.15, -0.1) is 0 Å². The standard InChI is InChI=1S/C6H4F2.C2H7NO.C2H6/c7-5-2-1-3-6(8)4-5;3-1-2-4;1-2/h1-4H;4H,1-3H2;1-2H3. The number of hydrogen-bond acceptors (Lipinski definition) is 2. The molecule has 0 heterocycles. The highest BCUT2D eigenvalue weighted by Crippen LogP contribution is 1.99. The first-order valence-electron chi connectivity index (χ1n) is 4.42. The third-order valence-corrected chi connectivity index (χ3v) is 0.916. The van der Waals surface area contributed by atoms with Crippen molar-refractivity contribution in [2.75, 3.05) is 13.2 Å². The number of hydrogen-bond donors (Lipinski definition) is 2. The highest BCUT2D eigenvalue weighted by Gasteiger charge is 1.88. The second kappa shape index (κ2) is 12.0. The van der Waals surface area contributed by atoms with Crippen molar-refractivity contribution in [1.82, 2.24) is 0 Å². The first-order chi connectivity index (χ1) is 6.70. The molecule has 82 valence electrons. The van der Waals surface area contributed by atoms with Crippen LogP contribution in [0, 0.1) is 11.6 Å². The van der Waals surface area contributed by atoms with Crippen molar-refractivity contribution in [1.29, 1.82) is 0 Å². The Morgan fingerprint density at radius 2 is 1.57 bits per heavy atom. The second-order valence-electron chi connectivity index (χ2n) is 1.95. The maximum atomic E-state index is 11.9. The van der Waals surface area contributed by atoms with Gasteiger partial charge in [-0.3, -0.25) is 0 Å². The van der Waals surface area contributed by atoms with Crippen molar-refractivity contribution < 1.29 is 13.9 Å². The zero-order chi connectivity index (χ0) is 11.4. The Morgan fingerprint density at radius 1 is 1.21 bits per heavy atom. The molecular formula is C10H17F2NO. The van der Waals surface area contributed by atoms with Crippen LogP contribution in [0.15, 0.2) is 24.3 Å². The fourth-order valence-electron chi connectivity index (χ4n) is 0.460. The van der Waals surface area contributed by atoms with E-state index in [0.717, 1.165) is 6.07 Å². The largest absolute Gasteiger partial charge is 0.395 e. The van der Waals surface area contributed by atoms with E-state index >= 15 is 0 Å². The van der Waals surface area contributed by atoms with Crippen molar-refractivity contribution in [3.63, 3.8) is 0 Å². The van der Waals surface area contributed by atoms with E-state index in [9.17, 15) is 8.78 Å². The topological polar surface area (TPSA) is 46.2 Å². The van der Waals surface area contributed by atoms with Gasteiger partial charge in [0.15, 0.2) is 0 Å². The summed E-state index contributed by atoms with van der Waals surface area (Å²) in [5.41, 5.74) is 4.78. The lowest BCUT2D eigenvalue weighted by atomic mass is 10.3. The average molecular weight is 205 g/mol. The van der Waals surface area contributed by atoms with Gasteiger partial charge in [-0.2, -0.15) is 0 Å². The zero-order valence-electron chi connectivity index (χ0n) is 8.50. The van der Waals surface area contributed by atoms with Gasteiger partial charge >= 0.3 is 0 Å². The van der Waals surface area contributed by atoms with Crippen molar-refractivity contribution in [3.8, 4) is 0 Å². The molecule has 0 unspecified atom stereocenters. The van der Waals surface area contributed by atoms with Crippen molar-refractivity contribution >= 4 is 0 Å². The van der Waals surface area contributed by atoms with E-state index < -0.39 is 11.6 Å². The molecule has 1 aromatic carbocycles. The summed E-state index contributed by atoms with van der Waals surface area (Å²) in [7, 11) is 0. The minimum absolute atomic E-state index is 0.0972.